The maximum atomic E-state index is 6.21. The second-order valence-electron chi connectivity index (χ2n) is 5.38. The van der Waals surface area contributed by atoms with E-state index in [4.69, 9.17) is 16.6 Å². The summed E-state index contributed by atoms with van der Waals surface area (Å²) in [5.41, 5.74) is 7.72. The van der Waals surface area contributed by atoms with Gasteiger partial charge in [-0.1, -0.05) is 48.0 Å². The van der Waals surface area contributed by atoms with Gasteiger partial charge < -0.3 is 0 Å². The number of allylic oxidation sites excluding steroid dienone is 2. The predicted octanol–water partition coefficient (Wildman–Crippen LogP) is 3.51. The number of nitrogens with zero attached hydrogens (tertiary/aromatic N) is 2. The van der Waals surface area contributed by atoms with Crippen LogP contribution >= 0.6 is 11.6 Å². The van der Waals surface area contributed by atoms with Crippen molar-refractivity contribution in [2.24, 2.45) is 16.0 Å². The minimum absolute atomic E-state index is 0.0163. The fourth-order valence-electron chi connectivity index (χ4n) is 3.11. The number of hydrazone groups is 1. The molecule has 0 bridgehead atoms. The number of hydrogen-bond donors (Lipinski definition) is 1. The minimum atomic E-state index is 0.0163. The number of rotatable bonds is 1. The molecule has 2 atom stereocenters. The average Bonchev–Trinajstić information content (AvgIpc) is 2.87. The van der Waals surface area contributed by atoms with E-state index in [1.165, 1.54) is 16.7 Å². The molecule has 0 spiro atoms. The molecule has 4 heteroatoms. The van der Waals surface area contributed by atoms with E-state index in [1.54, 1.807) is 0 Å². The van der Waals surface area contributed by atoms with E-state index in [0.717, 1.165) is 16.6 Å². The van der Waals surface area contributed by atoms with Gasteiger partial charge in [0.05, 0.1) is 17.7 Å². The van der Waals surface area contributed by atoms with Gasteiger partial charge in [0.15, 0.2) is 0 Å². The summed E-state index contributed by atoms with van der Waals surface area (Å²) in [5.74, 6) is 1.03. The Morgan fingerprint density at radius 3 is 2.81 bits per heavy atom. The molecule has 0 radical (unpaired) electrons. The molecule has 1 N–H and O–H groups in total. The van der Waals surface area contributed by atoms with E-state index in [-0.39, 0.29) is 12.0 Å². The summed E-state index contributed by atoms with van der Waals surface area (Å²) in [4.78, 5) is 4.77. The summed E-state index contributed by atoms with van der Waals surface area (Å²) in [6.45, 7) is 2.04. The number of halogens is 1. The van der Waals surface area contributed by atoms with Crippen LogP contribution in [-0.2, 0) is 0 Å². The summed E-state index contributed by atoms with van der Waals surface area (Å²) in [7, 11) is 0. The van der Waals surface area contributed by atoms with Crippen LogP contribution in [-0.4, -0.2) is 17.6 Å². The third-order valence-corrected chi connectivity index (χ3v) is 4.29. The Morgan fingerprint density at radius 1 is 1.19 bits per heavy atom. The van der Waals surface area contributed by atoms with E-state index in [2.05, 4.69) is 34.8 Å². The Morgan fingerprint density at radius 2 is 2.00 bits per heavy atom. The molecular weight excluding hydrogens is 282 g/mol. The molecule has 104 valence electrons. The number of fused-ring (bicyclic) bond motifs is 2. The van der Waals surface area contributed by atoms with Crippen molar-refractivity contribution >= 4 is 28.7 Å². The van der Waals surface area contributed by atoms with Gasteiger partial charge in [0.1, 0.15) is 5.84 Å². The normalized spacial score (nSPS) is 26.5. The van der Waals surface area contributed by atoms with Crippen LogP contribution in [0.15, 0.2) is 69.3 Å². The first-order chi connectivity index (χ1) is 10.2. The smallest absolute Gasteiger partial charge is 0.131 e. The van der Waals surface area contributed by atoms with Crippen LogP contribution in [0.2, 0.25) is 0 Å². The summed E-state index contributed by atoms with van der Waals surface area (Å²) in [6.07, 6.45) is 5.98. The molecule has 1 aliphatic carbocycles. The van der Waals surface area contributed by atoms with Gasteiger partial charge >= 0.3 is 0 Å². The molecular formula is C17H14ClN3. The number of nitrogens with one attached hydrogen (secondary N) is 1. The lowest BCUT2D eigenvalue weighted by atomic mass is 9.80. The Hall–Kier alpha value is -2.13. The van der Waals surface area contributed by atoms with Crippen molar-refractivity contribution in [1.29, 1.82) is 0 Å². The van der Waals surface area contributed by atoms with E-state index in [1.807, 2.05) is 31.2 Å². The molecule has 0 amide bonds. The SMILES string of the molecule is CC1=NNC2=N[C@H]3C=CC(Cl)=CC3=C(c3ccccc3)[C@@H]12. The molecule has 1 aromatic rings. The van der Waals surface area contributed by atoms with Crippen molar-refractivity contribution in [3.05, 3.63) is 64.7 Å². The number of aliphatic imine (C=N–C) groups is 1. The van der Waals surface area contributed by atoms with Gasteiger partial charge in [-0.3, -0.25) is 10.4 Å². The second-order valence-corrected chi connectivity index (χ2v) is 5.82. The maximum absolute atomic E-state index is 6.21. The third kappa shape index (κ3) is 1.96. The molecule has 0 unspecified atom stereocenters. The summed E-state index contributed by atoms with van der Waals surface area (Å²) in [5, 5.41) is 5.10. The minimum Gasteiger partial charge on any atom is -0.264 e. The van der Waals surface area contributed by atoms with Crippen LogP contribution in [0.3, 0.4) is 0 Å². The lowest BCUT2D eigenvalue weighted by Crippen LogP contribution is -2.32. The molecule has 0 saturated carbocycles. The molecule has 4 rings (SSSR count). The monoisotopic (exact) mass is 295 g/mol. The zero-order valence-electron chi connectivity index (χ0n) is 11.5. The molecule has 3 nitrogen and oxygen atoms in total. The highest BCUT2D eigenvalue weighted by molar-refractivity contribution is 6.31. The van der Waals surface area contributed by atoms with Gasteiger partial charge in [-0.15, -0.1) is 0 Å². The van der Waals surface area contributed by atoms with Crippen molar-refractivity contribution in [1.82, 2.24) is 5.43 Å². The van der Waals surface area contributed by atoms with Crippen LogP contribution in [0.4, 0.5) is 0 Å². The van der Waals surface area contributed by atoms with Crippen molar-refractivity contribution in [3.8, 4) is 0 Å². The lowest BCUT2D eigenvalue weighted by Gasteiger charge is -2.29. The summed E-state index contributed by atoms with van der Waals surface area (Å²) >= 11 is 6.21. The predicted molar refractivity (Wildman–Crippen MR) is 87.4 cm³/mol. The molecule has 2 heterocycles. The van der Waals surface area contributed by atoms with Crippen LogP contribution in [0.25, 0.3) is 5.57 Å². The maximum Gasteiger partial charge on any atom is 0.131 e. The van der Waals surface area contributed by atoms with Crippen molar-refractivity contribution in [2.45, 2.75) is 13.0 Å². The third-order valence-electron chi connectivity index (χ3n) is 4.05. The first-order valence-corrected chi connectivity index (χ1v) is 7.34. The summed E-state index contributed by atoms with van der Waals surface area (Å²) in [6, 6.07) is 10.4. The van der Waals surface area contributed by atoms with Gasteiger partial charge in [0, 0.05) is 5.03 Å². The van der Waals surface area contributed by atoms with Crippen molar-refractivity contribution < 1.29 is 0 Å². The van der Waals surface area contributed by atoms with Gasteiger partial charge in [0.2, 0.25) is 0 Å². The van der Waals surface area contributed by atoms with E-state index in [0.29, 0.717) is 0 Å². The Kier molecular flexibility index (Phi) is 2.82. The average molecular weight is 296 g/mol. The topological polar surface area (TPSA) is 36.8 Å². The molecule has 2 aliphatic heterocycles. The quantitative estimate of drug-likeness (QED) is 0.846. The van der Waals surface area contributed by atoms with Crippen molar-refractivity contribution in [2.75, 3.05) is 0 Å². The zero-order valence-corrected chi connectivity index (χ0v) is 12.3. The molecule has 3 aliphatic rings. The summed E-state index contributed by atoms with van der Waals surface area (Å²) < 4.78 is 0. The molecule has 1 aromatic carbocycles. The van der Waals surface area contributed by atoms with Gasteiger partial charge in [-0.2, -0.15) is 5.10 Å². The fraction of sp³-hybridized carbons (Fsp3) is 0.176. The Labute approximate surface area is 128 Å². The van der Waals surface area contributed by atoms with Gasteiger partial charge in [0.25, 0.3) is 0 Å². The van der Waals surface area contributed by atoms with Crippen LogP contribution in [0.5, 0.6) is 0 Å². The fourth-order valence-corrected chi connectivity index (χ4v) is 3.30. The highest BCUT2D eigenvalue weighted by Crippen LogP contribution is 2.39. The highest BCUT2D eigenvalue weighted by Gasteiger charge is 2.37. The Balaban J connectivity index is 1.96. The number of benzene rings is 1. The van der Waals surface area contributed by atoms with Gasteiger partial charge in [-0.25, -0.2) is 0 Å². The van der Waals surface area contributed by atoms with Crippen LogP contribution < -0.4 is 5.43 Å². The lowest BCUT2D eigenvalue weighted by molar-refractivity contribution is 0.893. The first kappa shape index (κ1) is 12.6. The first-order valence-electron chi connectivity index (χ1n) is 6.97. The molecule has 0 saturated heterocycles. The molecule has 21 heavy (non-hydrogen) atoms. The largest absolute Gasteiger partial charge is 0.264 e. The van der Waals surface area contributed by atoms with E-state index < -0.39 is 0 Å². The van der Waals surface area contributed by atoms with E-state index >= 15 is 0 Å². The molecule has 0 fully saturated rings. The van der Waals surface area contributed by atoms with Crippen LogP contribution in [0.1, 0.15) is 12.5 Å². The van der Waals surface area contributed by atoms with E-state index in [9.17, 15) is 0 Å². The number of dihydropyridines is 1. The van der Waals surface area contributed by atoms with Crippen molar-refractivity contribution in [3.63, 3.8) is 0 Å². The molecule has 0 aromatic heterocycles. The highest BCUT2D eigenvalue weighted by atomic mass is 35.5. The Bertz CT molecular complexity index is 753. The number of amidine groups is 1. The standard InChI is InChI=1S/C17H14ClN3/c1-10-15-16(11-5-3-2-4-6-11)13-9-12(18)7-8-14(13)19-17(15)21-20-10/h2-9,14-15H,1H3,(H,19,21)/t14-,15+/m0/s1. The number of hydrogen-bond acceptors (Lipinski definition) is 3. The zero-order chi connectivity index (χ0) is 14.4. The van der Waals surface area contributed by atoms with Gasteiger partial charge in [-0.05, 0) is 35.8 Å². The second kappa shape index (κ2) is 4.71. The van der Waals surface area contributed by atoms with Crippen LogP contribution in [0, 0.1) is 5.92 Å².